The molecule has 6 heteroatoms. The summed E-state index contributed by atoms with van der Waals surface area (Å²) in [6.07, 6.45) is 0.872. The van der Waals surface area contributed by atoms with Gasteiger partial charge in [0.25, 0.3) is 0 Å². The maximum Gasteiger partial charge on any atom is 0.233 e. The molecular weight excluding hydrogens is 286 g/mol. The quantitative estimate of drug-likeness (QED) is 0.645. The minimum Gasteiger partial charge on any atom is -0.355 e. The molecule has 0 radical (unpaired) electrons. The Morgan fingerprint density at radius 1 is 1.52 bits per heavy atom. The maximum absolute atomic E-state index is 11.9. The van der Waals surface area contributed by atoms with Crippen molar-refractivity contribution in [1.82, 2.24) is 10.3 Å². The van der Waals surface area contributed by atoms with Gasteiger partial charge in [-0.05, 0) is 33.3 Å². The van der Waals surface area contributed by atoms with Crippen molar-refractivity contribution in [1.29, 1.82) is 5.26 Å². The van der Waals surface area contributed by atoms with Crippen molar-refractivity contribution in [3.8, 4) is 6.07 Å². The van der Waals surface area contributed by atoms with Gasteiger partial charge in [0.1, 0.15) is 11.1 Å². The predicted molar refractivity (Wildman–Crippen MR) is 82.3 cm³/mol. The minimum atomic E-state index is -0.348. The number of carbonyl (C=O) groups is 2. The van der Waals surface area contributed by atoms with E-state index < -0.39 is 0 Å². The van der Waals surface area contributed by atoms with Crippen LogP contribution in [0.4, 0.5) is 0 Å². The number of carbonyl (C=O) groups excluding carboxylic acids is 2. The van der Waals surface area contributed by atoms with Gasteiger partial charge < -0.3 is 5.32 Å². The lowest BCUT2D eigenvalue weighted by Crippen LogP contribution is -2.31. The molecule has 1 N–H and O–H groups in total. The maximum atomic E-state index is 11.9. The number of nitriles is 1. The van der Waals surface area contributed by atoms with Crippen molar-refractivity contribution < 1.29 is 9.59 Å². The molecule has 0 spiro atoms. The lowest BCUT2D eigenvalue weighted by atomic mass is 10.1. The Morgan fingerprint density at radius 3 is 2.71 bits per heavy atom. The molecule has 0 aromatic carbocycles. The first-order valence-electron chi connectivity index (χ1n) is 6.77. The first kappa shape index (κ1) is 17.2. The molecule has 1 atom stereocenters. The molecule has 5 nitrogen and oxygen atoms in total. The number of Topliss-reactive ketones (excluding diaryl/α,β-unsaturated/α-hetero) is 1. The molecule has 1 aromatic rings. The third-order valence-corrected chi connectivity index (χ3v) is 3.99. The van der Waals surface area contributed by atoms with Gasteiger partial charge in [-0.3, -0.25) is 9.59 Å². The van der Waals surface area contributed by atoms with E-state index in [1.54, 1.807) is 19.9 Å². The Bertz CT molecular complexity index is 593. The lowest BCUT2D eigenvalue weighted by molar-refractivity contribution is -0.120. The molecule has 0 aliphatic carbocycles. The van der Waals surface area contributed by atoms with Gasteiger partial charge in [-0.25, -0.2) is 4.98 Å². The fraction of sp³-hybridized carbons (Fsp3) is 0.467. The normalized spacial score (nSPS) is 11.6. The highest BCUT2D eigenvalue weighted by molar-refractivity contribution is 8.00. The van der Waals surface area contributed by atoms with E-state index >= 15 is 0 Å². The van der Waals surface area contributed by atoms with Crippen LogP contribution in [0.15, 0.2) is 11.1 Å². The van der Waals surface area contributed by atoms with Gasteiger partial charge in [0.05, 0.1) is 10.8 Å². The fourth-order valence-electron chi connectivity index (χ4n) is 1.72. The molecule has 1 aromatic heterocycles. The summed E-state index contributed by atoms with van der Waals surface area (Å²) in [6.45, 7) is 7.55. The molecule has 0 aliphatic rings. The van der Waals surface area contributed by atoms with Crippen molar-refractivity contribution >= 4 is 23.5 Å². The van der Waals surface area contributed by atoms with E-state index in [9.17, 15) is 14.9 Å². The summed E-state index contributed by atoms with van der Waals surface area (Å²) in [4.78, 5) is 27.7. The van der Waals surface area contributed by atoms with E-state index in [-0.39, 0.29) is 16.9 Å². The molecule has 0 aliphatic heterocycles. The zero-order valence-corrected chi connectivity index (χ0v) is 13.5. The van der Waals surface area contributed by atoms with E-state index in [2.05, 4.69) is 10.3 Å². The van der Waals surface area contributed by atoms with Crippen molar-refractivity contribution in [3.05, 3.63) is 22.9 Å². The number of thioether (sulfide) groups is 1. The molecule has 0 saturated heterocycles. The standard InChI is InChI=1S/C15H19N3O2S/c1-5-6-17-14(20)11(4)21-15-12(8-16)7-13(10(3)19)9(2)18-15/h7,11H,5-6H2,1-4H3,(H,17,20)/t11-/m0/s1. The van der Waals surface area contributed by atoms with Gasteiger partial charge in [-0.1, -0.05) is 18.7 Å². The highest BCUT2D eigenvalue weighted by Crippen LogP contribution is 2.26. The van der Waals surface area contributed by atoms with Crippen molar-refractivity contribution in [2.24, 2.45) is 0 Å². The topological polar surface area (TPSA) is 82.8 Å². The number of aryl methyl sites for hydroxylation is 1. The summed E-state index contributed by atoms with van der Waals surface area (Å²) in [5, 5.41) is 12.1. The Kier molecular flexibility index (Phi) is 6.38. The number of hydrogen-bond donors (Lipinski definition) is 1. The number of nitrogens with one attached hydrogen (secondary N) is 1. The molecule has 21 heavy (non-hydrogen) atoms. The van der Waals surface area contributed by atoms with Gasteiger partial charge in [-0.2, -0.15) is 5.26 Å². The number of ketones is 1. The van der Waals surface area contributed by atoms with Gasteiger partial charge in [0, 0.05) is 17.8 Å². The van der Waals surface area contributed by atoms with Crippen LogP contribution < -0.4 is 5.32 Å². The molecule has 0 unspecified atom stereocenters. The number of amides is 1. The van der Waals surface area contributed by atoms with Gasteiger partial charge in [0.2, 0.25) is 5.91 Å². The SMILES string of the molecule is CCCNC(=O)[C@H](C)Sc1nc(C)c(C(C)=O)cc1C#N. The molecule has 0 fully saturated rings. The summed E-state index contributed by atoms with van der Waals surface area (Å²) in [7, 11) is 0. The van der Waals surface area contributed by atoms with E-state index in [1.807, 2.05) is 13.0 Å². The number of aromatic nitrogens is 1. The van der Waals surface area contributed by atoms with Crippen LogP contribution in [0.25, 0.3) is 0 Å². The van der Waals surface area contributed by atoms with E-state index in [0.717, 1.165) is 6.42 Å². The minimum absolute atomic E-state index is 0.0826. The summed E-state index contributed by atoms with van der Waals surface area (Å²) < 4.78 is 0. The molecule has 1 heterocycles. The Hall–Kier alpha value is -1.87. The third-order valence-electron chi connectivity index (χ3n) is 2.88. The summed E-state index contributed by atoms with van der Waals surface area (Å²) in [5.41, 5.74) is 1.34. The Morgan fingerprint density at radius 2 is 2.19 bits per heavy atom. The smallest absolute Gasteiger partial charge is 0.233 e. The van der Waals surface area contributed by atoms with Crippen LogP contribution in [-0.4, -0.2) is 28.5 Å². The highest BCUT2D eigenvalue weighted by atomic mass is 32.2. The molecule has 0 saturated carbocycles. The van der Waals surface area contributed by atoms with Gasteiger partial charge >= 0.3 is 0 Å². The first-order chi connectivity index (χ1) is 9.90. The van der Waals surface area contributed by atoms with E-state index in [0.29, 0.717) is 28.4 Å². The Labute approximate surface area is 129 Å². The average molecular weight is 305 g/mol. The van der Waals surface area contributed by atoms with E-state index in [1.165, 1.54) is 18.7 Å². The summed E-state index contributed by atoms with van der Waals surface area (Å²) in [6, 6.07) is 3.58. The van der Waals surface area contributed by atoms with Gasteiger partial charge in [-0.15, -0.1) is 0 Å². The number of pyridine rings is 1. The third kappa shape index (κ3) is 4.57. The largest absolute Gasteiger partial charge is 0.355 e. The van der Waals surface area contributed by atoms with Gasteiger partial charge in [0.15, 0.2) is 5.78 Å². The van der Waals surface area contributed by atoms with Crippen molar-refractivity contribution in [3.63, 3.8) is 0 Å². The van der Waals surface area contributed by atoms with Crippen LogP contribution in [-0.2, 0) is 4.79 Å². The second kappa shape index (κ2) is 7.79. The average Bonchev–Trinajstić information content (AvgIpc) is 2.44. The van der Waals surface area contributed by atoms with E-state index in [4.69, 9.17) is 0 Å². The molecule has 1 rings (SSSR count). The molecule has 0 bridgehead atoms. The summed E-state index contributed by atoms with van der Waals surface area (Å²) >= 11 is 1.23. The second-order valence-corrected chi connectivity index (χ2v) is 6.02. The summed E-state index contributed by atoms with van der Waals surface area (Å²) in [5.74, 6) is -0.206. The van der Waals surface area contributed by atoms with Crippen molar-refractivity contribution in [2.45, 2.75) is 44.4 Å². The first-order valence-corrected chi connectivity index (χ1v) is 7.65. The van der Waals surface area contributed by atoms with Crippen LogP contribution in [0.1, 0.15) is 48.8 Å². The molecule has 112 valence electrons. The number of hydrogen-bond acceptors (Lipinski definition) is 5. The monoisotopic (exact) mass is 305 g/mol. The highest BCUT2D eigenvalue weighted by Gasteiger charge is 2.19. The van der Waals surface area contributed by atoms with Crippen LogP contribution in [0.2, 0.25) is 0 Å². The molecular formula is C15H19N3O2S. The Balaban J connectivity index is 2.98. The molecule has 1 amide bonds. The lowest BCUT2D eigenvalue weighted by Gasteiger charge is -2.13. The van der Waals surface area contributed by atoms with Crippen LogP contribution in [0.5, 0.6) is 0 Å². The second-order valence-electron chi connectivity index (χ2n) is 4.69. The zero-order valence-electron chi connectivity index (χ0n) is 12.7. The predicted octanol–water partition coefficient (Wildman–Crippen LogP) is 2.47. The van der Waals surface area contributed by atoms with Crippen LogP contribution >= 0.6 is 11.8 Å². The number of nitrogens with zero attached hydrogens (tertiary/aromatic N) is 2. The van der Waals surface area contributed by atoms with Crippen LogP contribution in [0, 0.1) is 18.3 Å². The number of rotatable bonds is 6. The fourth-order valence-corrected chi connectivity index (χ4v) is 2.67. The van der Waals surface area contributed by atoms with Crippen LogP contribution in [0.3, 0.4) is 0 Å². The van der Waals surface area contributed by atoms with Crippen molar-refractivity contribution in [2.75, 3.05) is 6.54 Å². The zero-order chi connectivity index (χ0) is 16.0.